The molecule has 0 aromatic carbocycles. The molecule has 2 rings (SSSR count). The van der Waals surface area contributed by atoms with E-state index in [1.165, 1.54) is 4.90 Å². The zero-order valence-electron chi connectivity index (χ0n) is 12.6. The molecular formula is C13H18F3N5O3. The van der Waals surface area contributed by atoms with Crippen LogP contribution in [-0.2, 0) is 11.0 Å². The van der Waals surface area contributed by atoms with Crippen LogP contribution in [0, 0.1) is 0 Å². The van der Waals surface area contributed by atoms with Crippen LogP contribution in [0.2, 0.25) is 0 Å². The monoisotopic (exact) mass is 349 g/mol. The fraction of sp³-hybridized carbons (Fsp3) is 0.615. The number of piperidine rings is 1. The Hall–Kier alpha value is -2.14. The van der Waals surface area contributed by atoms with Gasteiger partial charge in [0.15, 0.2) is 6.10 Å². The molecule has 11 heteroatoms. The van der Waals surface area contributed by atoms with Crippen LogP contribution in [0.25, 0.3) is 0 Å². The maximum atomic E-state index is 12.6. The summed E-state index contributed by atoms with van der Waals surface area (Å²) in [5.74, 6) is -1.35. The zero-order chi connectivity index (χ0) is 17.9. The number of alkyl halides is 3. The van der Waals surface area contributed by atoms with Gasteiger partial charge in [-0.3, -0.25) is 4.79 Å². The Morgan fingerprint density at radius 3 is 2.83 bits per heavy atom. The van der Waals surface area contributed by atoms with Gasteiger partial charge in [0.1, 0.15) is 11.4 Å². The van der Waals surface area contributed by atoms with Gasteiger partial charge in [-0.25, -0.2) is 4.98 Å². The van der Waals surface area contributed by atoms with E-state index < -0.39 is 36.2 Å². The molecule has 2 atom stereocenters. The minimum absolute atomic E-state index is 0.0671. The van der Waals surface area contributed by atoms with Crippen molar-refractivity contribution in [3.63, 3.8) is 0 Å². The molecule has 0 radical (unpaired) electrons. The van der Waals surface area contributed by atoms with Crippen molar-refractivity contribution in [2.24, 2.45) is 0 Å². The first-order valence-corrected chi connectivity index (χ1v) is 7.26. The van der Waals surface area contributed by atoms with Gasteiger partial charge in [0.2, 0.25) is 5.95 Å². The van der Waals surface area contributed by atoms with Gasteiger partial charge in [-0.2, -0.15) is 18.2 Å². The zero-order valence-corrected chi connectivity index (χ0v) is 12.6. The van der Waals surface area contributed by atoms with Crippen molar-refractivity contribution in [3.05, 3.63) is 11.8 Å². The number of carbonyl (C=O) groups excluding carboxylic acids is 1. The molecule has 0 aliphatic carbocycles. The van der Waals surface area contributed by atoms with E-state index in [1.54, 1.807) is 0 Å². The summed E-state index contributed by atoms with van der Waals surface area (Å²) in [7, 11) is 0. The lowest BCUT2D eigenvalue weighted by molar-refractivity contribution is -0.143. The molecule has 2 heterocycles. The van der Waals surface area contributed by atoms with Crippen molar-refractivity contribution in [1.29, 1.82) is 0 Å². The fourth-order valence-electron chi connectivity index (χ4n) is 2.45. The first-order valence-electron chi connectivity index (χ1n) is 7.26. The maximum Gasteiger partial charge on any atom is 0.421 e. The predicted molar refractivity (Wildman–Crippen MR) is 77.8 cm³/mol. The number of aliphatic hydroxyl groups excluding tert-OH is 2. The van der Waals surface area contributed by atoms with Gasteiger partial charge >= 0.3 is 6.18 Å². The average molecular weight is 349 g/mol. The summed E-state index contributed by atoms with van der Waals surface area (Å²) >= 11 is 0. The van der Waals surface area contributed by atoms with Gasteiger partial charge in [-0.05, 0) is 12.8 Å². The number of anilines is 2. The molecule has 1 aliphatic heterocycles. The fourth-order valence-corrected chi connectivity index (χ4v) is 2.45. The molecule has 0 unspecified atom stereocenters. The third-order valence-electron chi connectivity index (χ3n) is 3.65. The number of halogens is 3. The standard InChI is InChI=1S/C13H18F3N5O3/c14-13(15,16)8-4-18-12(20-10(8)17)19-7-2-1-3-21(5-7)11(24)9(23)6-22/h4,7,9,22-23H,1-3,5-6H2,(H3,17,18,19,20)/t7-,9-/m0/s1. The number of rotatable bonds is 4. The van der Waals surface area contributed by atoms with Crippen LogP contribution in [-0.4, -0.2) is 62.8 Å². The first kappa shape index (κ1) is 18.2. The van der Waals surface area contributed by atoms with Crippen molar-refractivity contribution < 1.29 is 28.2 Å². The van der Waals surface area contributed by atoms with Crippen molar-refractivity contribution in [2.75, 3.05) is 30.7 Å². The molecular weight excluding hydrogens is 331 g/mol. The Morgan fingerprint density at radius 2 is 2.25 bits per heavy atom. The van der Waals surface area contributed by atoms with E-state index in [9.17, 15) is 23.1 Å². The van der Waals surface area contributed by atoms with Crippen molar-refractivity contribution in [3.8, 4) is 0 Å². The number of carbonyl (C=O) groups is 1. The summed E-state index contributed by atoms with van der Waals surface area (Å²) in [5, 5.41) is 21.0. The second kappa shape index (κ2) is 7.18. The topological polar surface area (TPSA) is 125 Å². The quantitative estimate of drug-likeness (QED) is 0.595. The van der Waals surface area contributed by atoms with Crippen molar-refractivity contribution >= 4 is 17.7 Å². The number of hydrogen-bond acceptors (Lipinski definition) is 7. The second-order valence-electron chi connectivity index (χ2n) is 5.46. The summed E-state index contributed by atoms with van der Waals surface area (Å²) in [6, 6.07) is -0.301. The summed E-state index contributed by atoms with van der Waals surface area (Å²) in [5.41, 5.74) is 4.20. The SMILES string of the molecule is Nc1nc(N[C@H]2CCCN(C(=O)[C@@H](O)CO)C2)ncc1C(F)(F)F. The average Bonchev–Trinajstić information content (AvgIpc) is 2.52. The minimum Gasteiger partial charge on any atom is -0.393 e. The van der Waals surface area contributed by atoms with E-state index in [-0.39, 0.29) is 18.5 Å². The summed E-state index contributed by atoms with van der Waals surface area (Å²) in [6.45, 7) is -0.0454. The Bertz CT molecular complexity index is 599. The number of aromatic nitrogens is 2. The number of likely N-dealkylation sites (tertiary alicyclic amines) is 1. The Morgan fingerprint density at radius 1 is 1.54 bits per heavy atom. The van der Waals surface area contributed by atoms with Gasteiger partial charge < -0.3 is 26.2 Å². The lowest BCUT2D eigenvalue weighted by Gasteiger charge is -2.34. The number of amides is 1. The number of nitrogen functional groups attached to an aromatic ring is 1. The highest BCUT2D eigenvalue weighted by Gasteiger charge is 2.34. The lowest BCUT2D eigenvalue weighted by Crippen LogP contribution is -2.49. The van der Waals surface area contributed by atoms with Gasteiger partial charge in [0.25, 0.3) is 5.91 Å². The van der Waals surface area contributed by atoms with Crippen LogP contribution in [0.1, 0.15) is 18.4 Å². The van der Waals surface area contributed by atoms with Gasteiger partial charge in [-0.15, -0.1) is 0 Å². The van der Waals surface area contributed by atoms with E-state index >= 15 is 0 Å². The third-order valence-corrected chi connectivity index (χ3v) is 3.65. The first-order chi connectivity index (χ1) is 11.2. The van der Waals surface area contributed by atoms with Crippen molar-refractivity contribution in [1.82, 2.24) is 14.9 Å². The molecule has 24 heavy (non-hydrogen) atoms. The van der Waals surface area contributed by atoms with E-state index in [4.69, 9.17) is 10.8 Å². The lowest BCUT2D eigenvalue weighted by atomic mass is 10.1. The molecule has 0 spiro atoms. The number of hydrogen-bond donors (Lipinski definition) is 4. The molecule has 0 saturated carbocycles. The minimum atomic E-state index is -4.63. The summed E-state index contributed by atoms with van der Waals surface area (Å²) in [6.07, 6.45) is -4.24. The molecule has 8 nitrogen and oxygen atoms in total. The van der Waals surface area contributed by atoms with E-state index in [0.717, 1.165) is 0 Å². The molecule has 5 N–H and O–H groups in total. The van der Waals surface area contributed by atoms with E-state index in [1.807, 2.05) is 0 Å². The van der Waals surface area contributed by atoms with Crippen LogP contribution in [0.5, 0.6) is 0 Å². The highest BCUT2D eigenvalue weighted by molar-refractivity contribution is 5.81. The number of aliphatic hydroxyl groups is 2. The molecule has 134 valence electrons. The maximum absolute atomic E-state index is 12.6. The molecule has 1 aliphatic rings. The van der Waals surface area contributed by atoms with Gasteiger partial charge in [0.05, 0.1) is 6.61 Å². The van der Waals surface area contributed by atoms with Gasteiger partial charge in [-0.1, -0.05) is 0 Å². The second-order valence-corrected chi connectivity index (χ2v) is 5.46. The molecule has 1 saturated heterocycles. The molecule has 1 amide bonds. The predicted octanol–water partition coefficient (Wildman–Crippen LogP) is -0.166. The highest BCUT2D eigenvalue weighted by atomic mass is 19.4. The number of nitrogens with two attached hydrogens (primary N) is 1. The molecule has 1 aromatic rings. The van der Waals surface area contributed by atoms with Gasteiger partial charge in [0, 0.05) is 25.3 Å². The van der Waals surface area contributed by atoms with E-state index in [2.05, 4.69) is 15.3 Å². The highest BCUT2D eigenvalue weighted by Crippen LogP contribution is 2.32. The largest absolute Gasteiger partial charge is 0.421 e. The molecule has 0 bridgehead atoms. The third kappa shape index (κ3) is 4.23. The summed E-state index contributed by atoms with van der Waals surface area (Å²) < 4.78 is 37.9. The smallest absolute Gasteiger partial charge is 0.393 e. The Balaban J connectivity index is 2.03. The van der Waals surface area contributed by atoms with Crippen LogP contribution in [0.15, 0.2) is 6.20 Å². The van der Waals surface area contributed by atoms with Crippen LogP contribution in [0.3, 0.4) is 0 Å². The molecule has 1 aromatic heterocycles. The van der Waals surface area contributed by atoms with Crippen LogP contribution in [0.4, 0.5) is 24.9 Å². The number of nitrogens with zero attached hydrogens (tertiary/aromatic N) is 3. The number of nitrogens with one attached hydrogen (secondary N) is 1. The molecule has 1 fully saturated rings. The van der Waals surface area contributed by atoms with E-state index in [0.29, 0.717) is 25.6 Å². The van der Waals surface area contributed by atoms with Crippen molar-refractivity contribution in [2.45, 2.75) is 31.2 Å². The van der Waals surface area contributed by atoms with Crippen LogP contribution < -0.4 is 11.1 Å². The van der Waals surface area contributed by atoms with Crippen LogP contribution >= 0.6 is 0 Å². The Labute approximate surface area is 135 Å². The summed E-state index contributed by atoms with van der Waals surface area (Å²) in [4.78, 5) is 20.4. The Kier molecular flexibility index (Phi) is 5.44. The normalized spacial score (nSPS) is 19.9.